The van der Waals surface area contributed by atoms with Crippen LogP contribution in [-0.2, 0) is 0 Å². The van der Waals surface area contributed by atoms with E-state index < -0.39 is 5.97 Å². The van der Waals surface area contributed by atoms with Gasteiger partial charge in [-0.2, -0.15) is 12.6 Å². The van der Waals surface area contributed by atoms with E-state index in [-0.39, 0.29) is 17.4 Å². The van der Waals surface area contributed by atoms with E-state index in [2.05, 4.69) is 12.6 Å². The molecular formula is C9H10O3S. The van der Waals surface area contributed by atoms with Crippen LogP contribution in [0.15, 0.2) is 24.3 Å². The molecule has 1 atom stereocenters. The first-order valence-corrected chi connectivity index (χ1v) is 4.29. The molecule has 0 aliphatic heterocycles. The Morgan fingerprint density at radius 2 is 2.23 bits per heavy atom. The van der Waals surface area contributed by atoms with E-state index in [0.717, 1.165) is 0 Å². The molecule has 13 heavy (non-hydrogen) atoms. The van der Waals surface area contributed by atoms with E-state index in [1.165, 1.54) is 12.1 Å². The molecule has 0 aliphatic carbocycles. The molecule has 1 unspecified atom stereocenters. The van der Waals surface area contributed by atoms with Gasteiger partial charge in [0.1, 0.15) is 0 Å². The summed E-state index contributed by atoms with van der Waals surface area (Å²) < 4.78 is 0. The Kier molecular flexibility index (Phi) is 3.33. The highest BCUT2D eigenvalue weighted by Crippen LogP contribution is 2.19. The van der Waals surface area contributed by atoms with Gasteiger partial charge in [0.05, 0.1) is 12.2 Å². The number of carbonyl (C=O) groups is 1. The summed E-state index contributed by atoms with van der Waals surface area (Å²) in [5.74, 6) is -0.972. The number of rotatable bonds is 3. The van der Waals surface area contributed by atoms with Gasteiger partial charge in [0.25, 0.3) is 0 Å². The lowest BCUT2D eigenvalue weighted by Gasteiger charge is -2.07. The summed E-state index contributed by atoms with van der Waals surface area (Å²) in [5.41, 5.74) is 0.927. The minimum atomic E-state index is -0.972. The zero-order valence-corrected chi connectivity index (χ0v) is 7.74. The topological polar surface area (TPSA) is 57.5 Å². The molecule has 1 rings (SSSR count). The van der Waals surface area contributed by atoms with Gasteiger partial charge >= 0.3 is 5.97 Å². The number of hydrogen-bond acceptors (Lipinski definition) is 3. The van der Waals surface area contributed by atoms with Gasteiger partial charge in [0, 0.05) is 5.25 Å². The smallest absolute Gasteiger partial charge is 0.335 e. The van der Waals surface area contributed by atoms with Crippen molar-refractivity contribution in [2.24, 2.45) is 0 Å². The van der Waals surface area contributed by atoms with Gasteiger partial charge in [-0.15, -0.1) is 0 Å². The molecule has 0 aromatic heterocycles. The van der Waals surface area contributed by atoms with Crippen LogP contribution in [0.1, 0.15) is 21.2 Å². The van der Waals surface area contributed by atoms with Crippen LogP contribution in [-0.4, -0.2) is 22.8 Å². The zero-order chi connectivity index (χ0) is 9.84. The normalized spacial score (nSPS) is 12.5. The van der Waals surface area contributed by atoms with Crippen LogP contribution >= 0.6 is 12.6 Å². The van der Waals surface area contributed by atoms with Crippen LogP contribution in [0.2, 0.25) is 0 Å². The molecule has 0 radical (unpaired) electrons. The molecule has 0 spiro atoms. The maximum atomic E-state index is 10.6. The molecule has 0 fully saturated rings. The van der Waals surface area contributed by atoms with Crippen molar-refractivity contribution in [2.45, 2.75) is 5.25 Å². The van der Waals surface area contributed by atoms with Gasteiger partial charge in [-0.3, -0.25) is 0 Å². The Morgan fingerprint density at radius 1 is 1.54 bits per heavy atom. The molecule has 0 aliphatic rings. The van der Waals surface area contributed by atoms with Crippen LogP contribution in [0, 0.1) is 0 Å². The highest BCUT2D eigenvalue weighted by Gasteiger charge is 2.08. The van der Waals surface area contributed by atoms with E-state index in [1.807, 2.05) is 0 Å². The number of carboxylic acids is 1. The third kappa shape index (κ3) is 2.47. The van der Waals surface area contributed by atoms with Gasteiger partial charge in [-0.25, -0.2) is 4.79 Å². The lowest BCUT2D eigenvalue weighted by atomic mass is 10.1. The van der Waals surface area contributed by atoms with Crippen molar-refractivity contribution < 1.29 is 15.0 Å². The molecule has 0 amide bonds. The highest BCUT2D eigenvalue weighted by molar-refractivity contribution is 7.80. The summed E-state index contributed by atoms with van der Waals surface area (Å²) in [4.78, 5) is 10.6. The summed E-state index contributed by atoms with van der Waals surface area (Å²) in [5, 5.41) is 17.2. The predicted octanol–water partition coefficient (Wildman–Crippen LogP) is 1.35. The van der Waals surface area contributed by atoms with E-state index in [0.29, 0.717) is 5.56 Å². The van der Waals surface area contributed by atoms with Crippen molar-refractivity contribution in [3.05, 3.63) is 35.4 Å². The number of aromatic carboxylic acids is 1. The Hall–Kier alpha value is -1.00. The Labute approximate surface area is 81.4 Å². The van der Waals surface area contributed by atoms with Gasteiger partial charge in [0.2, 0.25) is 0 Å². The van der Waals surface area contributed by atoms with E-state index in [1.54, 1.807) is 12.1 Å². The monoisotopic (exact) mass is 198 g/mol. The van der Waals surface area contributed by atoms with Crippen molar-refractivity contribution in [3.63, 3.8) is 0 Å². The molecule has 1 aromatic rings. The van der Waals surface area contributed by atoms with Gasteiger partial charge in [-0.1, -0.05) is 12.1 Å². The number of aliphatic hydroxyl groups excluding tert-OH is 1. The Morgan fingerprint density at radius 3 is 2.77 bits per heavy atom. The maximum absolute atomic E-state index is 10.6. The second-order valence-electron chi connectivity index (χ2n) is 2.63. The number of carboxylic acid groups (broad SMARTS) is 1. The molecule has 3 nitrogen and oxygen atoms in total. The quantitative estimate of drug-likeness (QED) is 0.642. The molecule has 4 heteroatoms. The van der Waals surface area contributed by atoms with Crippen LogP contribution in [0.5, 0.6) is 0 Å². The minimum absolute atomic E-state index is 0.105. The molecule has 0 heterocycles. The summed E-state index contributed by atoms with van der Waals surface area (Å²) in [6, 6.07) is 6.39. The molecule has 0 saturated carbocycles. The summed E-state index contributed by atoms with van der Waals surface area (Å²) in [6.45, 7) is -0.105. The molecule has 70 valence electrons. The van der Waals surface area contributed by atoms with E-state index in [4.69, 9.17) is 10.2 Å². The molecule has 2 N–H and O–H groups in total. The molecule has 0 saturated heterocycles. The predicted molar refractivity (Wildman–Crippen MR) is 52.2 cm³/mol. The average molecular weight is 198 g/mol. The SMILES string of the molecule is O=C(O)c1cccc(C(S)CO)c1. The van der Waals surface area contributed by atoms with Gasteiger partial charge in [-0.05, 0) is 17.7 Å². The van der Waals surface area contributed by atoms with Crippen molar-refractivity contribution >= 4 is 18.6 Å². The summed E-state index contributed by atoms with van der Waals surface area (Å²) in [6.07, 6.45) is 0. The van der Waals surface area contributed by atoms with E-state index >= 15 is 0 Å². The second kappa shape index (κ2) is 4.30. The van der Waals surface area contributed by atoms with Crippen molar-refractivity contribution in [1.82, 2.24) is 0 Å². The summed E-state index contributed by atoms with van der Waals surface area (Å²) >= 11 is 4.09. The maximum Gasteiger partial charge on any atom is 0.335 e. The van der Waals surface area contributed by atoms with Crippen molar-refractivity contribution in [3.8, 4) is 0 Å². The first-order valence-electron chi connectivity index (χ1n) is 3.77. The fourth-order valence-corrected chi connectivity index (χ4v) is 1.14. The number of benzene rings is 1. The zero-order valence-electron chi connectivity index (χ0n) is 6.84. The molecule has 0 bridgehead atoms. The van der Waals surface area contributed by atoms with Gasteiger partial charge in [0.15, 0.2) is 0 Å². The van der Waals surface area contributed by atoms with Crippen molar-refractivity contribution in [2.75, 3.05) is 6.61 Å². The number of hydrogen-bond donors (Lipinski definition) is 3. The standard InChI is InChI=1S/C9H10O3S/c10-5-8(13)6-2-1-3-7(4-6)9(11)12/h1-4,8,10,13H,5H2,(H,11,12). The Bertz CT molecular complexity index is 311. The number of aliphatic hydroxyl groups is 1. The third-order valence-corrected chi connectivity index (χ3v) is 2.15. The van der Waals surface area contributed by atoms with Crippen LogP contribution in [0.25, 0.3) is 0 Å². The van der Waals surface area contributed by atoms with Gasteiger partial charge < -0.3 is 10.2 Å². The fraction of sp³-hybridized carbons (Fsp3) is 0.222. The second-order valence-corrected chi connectivity index (χ2v) is 3.25. The van der Waals surface area contributed by atoms with E-state index in [9.17, 15) is 4.79 Å². The lowest BCUT2D eigenvalue weighted by Crippen LogP contribution is -2.00. The largest absolute Gasteiger partial charge is 0.478 e. The Balaban J connectivity index is 2.98. The van der Waals surface area contributed by atoms with Crippen LogP contribution < -0.4 is 0 Å². The van der Waals surface area contributed by atoms with Crippen molar-refractivity contribution in [1.29, 1.82) is 0 Å². The molecular weight excluding hydrogens is 188 g/mol. The minimum Gasteiger partial charge on any atom is -0.478 e. The highest BCUT2D eigenvalue weighted by atomic mass is 32.1. The van der Waals surface area contributed by atoms with Crippen LogP contribution in [0.4, 0.5) is 0 Å². The average Bonchev–Trinajstić information content (AvgIpc) is 2.17. The number of thiol groups is 1. The molecule has 1 aromatic carbocycles. The lowest BCUT2D eigenvalue weighted by molar-refractivity contribution is 0.0696. The fourth-order valence-electron chi connectivity index (χ4n) is 0.984. The first kappa shape index (κ1) is 10.1. The first-order chi connectivity index (χ1) is 6.15. The van der Waals surface area contributed by atoms with Crippen LogP contribution in [0.3, 0.4) is 0 Å². The summed E-state index contributed by atoms with van der Waals surface area (Å²) in [7, 11) is 0. The third-order valence-electron chi connectivity index (χ3n) is 1.69.